The highest BCUT2D eigenvalue weighted by molar-refractivity contribution is 5.93. The van der Waals surface area contributed by atoms with Crippen molar-refractivity contribution in [2.75, 3.05) is 31.2 Å². The van der Waals surface area contributed by atoms with Crippen LogP contribution in [0.15, 0.2) is 133 Å². The number of benzene rings is 5. The van der Waals surface area contributed by atoms with E-state index in [1.165, 1.54) is 0 Å². The zero-order valence-corrected chi connectivity index (χ0v) is 32.3. The zero-order chi connectivity index (χ0) is 39.2. The summed E-state index contributed by atoms with van der Waals surface area (Å²) in [7, 11) is 0. The molecular formula is C47H51N5O5. The van der Waals surface area contributed by atoms with Crippen molar-refractivity contribution in [1.29, 1.82) is 0 Å². The van der Waals surface area contributed by atoms with Gasteiger partial charge >= 0.3 is 6.03 Å². The number of piperidine rings is 1. The normalized spacial score (nSPS) is 21.9. The number of hydrogen-bond donors (Lipinski definition) is 4. The van der Waals surface area contributed by atoms with Gasteiger partial charge in [0.05, 0.1) is 25.5 Å². The van der Waals surface area contributed by atoms with Gasteiger partial charge in [-0.15, -0.1) is 0 Å². The Morgan fingerprint density at radius 1 is 0.754 bits per heavy atom. The van der Waals surface area contributed by atoms with Gasteiger partial charge in [0, 0.05) is 49.9 Å². The molecule has 5 aromatic carbocycles. The number of hydrogen-bond acceptors (Lipinski definition) is 7. The molecule has 0 bridgehead atoms. The van der Waals surface area contributed by atoms with Gasteiger partial charge in [0.1, 0.15) is 5.54 Å². The quantitative estimate of drug-likeness (QED) is 0.114. The van der Waals surface area contributed by atoms with Crippen LogP contribution in [0.3, 0.4) is 0 Å². The van der Waals surface area contributed by atoms with Crippen molar-refractivity contribution in [3.63, 3.8) is 0 Å². The average molecular weight is 766 g/mol. The second-order valence-corrected chi connectivity index (χ2v) is 15.4. The summed E-state index contributed by atoms with van der Waals surface area (Å²) in [5, 5.41) is 18.7. The third-order valence-corrected chi connectivity index (χ3v) is 11.8. The fraction of sp³-hybridized carbons (Fsp3) is 0.319. The van der Waals surface area contributed by atoms with Crippen LogP contribution in [-0.2, 0) is 34.0 Å². The molecule has 3 amide bonds. The van der Waals surface area contributed by atoms with Gasteiger partial charge < -0.3 is 40.3 Å². The first-order valence-electron chi connectivity index (χ1n) is 20.0. The molecule has 0 radical (unpaired) electrons. The molecular weight excluding hydrogens is 715 g/mol. The summed E-state index contributed by atoms with van der Waals surface area (Å²) in [5.74, 6) is 0.158. The minimum atomic E-state index is -0.585. The van der Waals surface area contributed by atoms with Gasteiger partial charge in [-0.2, -0.15) is 0 Å². The number of aliphatic hydroxyl groups excluding tert-OH is 1. The minimum absolute atomic E-state index is 0.0122. The Hall–Kier alpha value is -5.52. The van der Waals surface area contributed by atoms with Crippen molar-refractivity contribution in [3.8, 4) is 11.1 Å². The molecule has 57 heavy (non-hydrogen) atoms. The highest BCUT2D eigenvalue weighted by Gasteiger charge is 2.51. The second-order valence-electron chi connectivity index (χ2n) is 15.4. The number of anilines is 1. The summed E-state index contributed by atoms with van der Waals surface area (Å²) >= 11 is 0. The van der Waals surface area contributed by atoms with E-state index in [1.54, 1.807) is 0 Å². The second kappa shape index (κ2) is 17.3. The summed E-state index contributed by atoms with van der Waals surface area (Å²) in [5.41, 5.74) is 7.51. The Bertz CT molecular complexity index is 2110. The van der Waals surface area contributed by atoms with Gasteiger partial charge in [0.2, 0.25) is 5.91 Å². The number of carbonyl (C=O) groups excluding carboxylic acids is 2. The first kappa shape index (κ1) is 38.4. The molecule has 8 rings (SSSR count). The Balaban J connectivity index is 0.945. The van der Waals surface area contributed by atoms with Crippen LogP contribution >= 0.6 is 0 Å². The lowest BCUT2D eigenvalue weighted by Gasteiger charge is -2.46. The summed E-state index contributed by atoms with van der Waals surface area (Å²) in [4.78, 5) is 30.5. The third-order valence-electron chi connectivity index (χ3n) is 11.8. The predicted octanol–water partition coefficient (Wildman–Crippen LogP) is 7.07. The maximum atomic E-state index is 13.3. The molecule has 3 aliphatic heterocycles. The summed E-state index contributed by atoms with van der Waals surface area (Å²) < 4.78 is 13.6. The standard InChI is InChI=1S/C47H51N5O5/c1-33-42(30-51-25-23-47(24-26-51)45(54)50-32-52(47)41-13-6-3-7-14-41)56-44(57-43(33)38-17-15-35(31-53)16-18-38)39-21-19-37(20-22-39)40-12-8-11-36(27-40)29-49-46(55)48-28-34-9-4-2-5-10-34/h2-22,27,33,42-44,53H,23-26,28-32H2,1H3,(H,50,54)(H2,48,49,55). The van der Waals surface area contributed by atoms with Gasteiger partial charge in [0.15, 0.2) is 6.29 Å². The van der Waals surface area contributed by atoms with Crippen LogP contribution in [0.1, 0.15) is 60.0 Å². The number of amides is 3. The number of carbonyl (C=O) groups is 2. The molecule has 4 N–H and O–H groups in total. The SMILES string of the molecule is CC1C(CN2CCC3(CC2)C(=O)NCN3c2ccccc2)OC(c2ccc(-c3cccc(CNC(=O)NCc4ccccc4)c3)cc2)OC1c1ccc(CO)cc1. The van der Waals surface area contributed by atoms with Crippen LogP contribution in [0.5, 0.6) is 0 Å². The number of aliphatic hydroxyl groups is 1. The van der Waals surface area contributed by atoms with Crippen LogP contribution in [0.2, 0.25) is 0 Å². The molecule has 1 spiro atoms. The van der Waals surface area contributed by atoms with Crippen molar-refractivity contribution in [3.05, 3.63) is 161 Å². The van der Waals surface area contributed by atoms with E-state index in [2.05, 4.69) is 81.2 Å². The lowest BCUT2D eigenvalue weighted by molar-refractivity contribution is -0.276. The van der Waals surface area contributed by atoms with Crippen molar-refractivity contribution in [1.82, 2.24) is 20.9 Å². The summed E-state index contributed by atoms with van der Waals surface area (Å²) in [6.07, 6.45) is 0.539. The van der Waals surface area contributed by atoms with Gasteiger partial charge in [-0.25, -0.2) is 4.79 Å². The smallest absolute Gasteiger partial charge is 0.315 e. The van der Waals surface area contributed by atoms with Gasteiger partial charge in [-0.1, -0.05) is 122 Å². The number of para-hydroxylation sites is 1. The molecule has 3 fully saturated rings. The number of urea groups is 1. The van der Waals surface area contributed by atoms with E-state index >= 15 is 0 Å². The topological polar surface area (TPSA) is 115 Å². The first-order chi connectivity index (χ1) is 27.9. The molecule has 0 saturated carbocycles. The fourth-order valence-corrected chi connectivity index (χ4v) is 8.44. The van der Waals surface area contributed by atoms with Crippen LogP contribution in [0, 0.1) is 5.92 Å². The number of nitrogens with zero attached hydrogens (tertiary/aromatic N) is 2. The Morgan fingerprint density at radius 2 is 1.40 bits per heavy atom. The van der Waals surface area contributed by atoms with E-state index < -0.39 is 11.8 Å². The Labute approximate surface area is 334 Å². The lowest BCUT2D eigenvalue weighted by Crippen LogP contribution is -2.57. The van der Waals surface area contributed by atoms with Crippen molar-refractivity contribution in [2.24, 2.45) is 5.92 Å². The molecule has 294 valence electrons. The van der Waals surface area contributed by atoms with Gasteiger partial charge in [0.25, 0.3) is 0 Å². The monoisotopic (exact) mass is 765 g/mol. The molecule has 3 aliphatic rings. The molecule has 3 heterocycles. The molecule has 4 unspecified atom stereocenters. The Morgan fingerprint density at radius 3 is 2.11 bits per heavy atom. The largest absolute Gasteiger partial charge is 0.392 e. The fourth-order valence-electron chi connectivity index (χ4n) is 8.44. The summed E-state index contributed by atoms with van der Waals surface area (Å²) in [6.45, 7) is 5.87. The highest BCUT2D eigenvalue weighted by Crippen LogP contribution is 2.43. The average Bonchev–Trinajstić information content (AvgIpc) is 3.58. The predicted molar refractivity (Wildman–Crippen MR) is 221 cm³/mol. The highest BCUT2D eigenvalue weighted by atomic mass is 16.7. The molecule has 0 aromatic heterocycles. The third kappa shape index (κ3) is 8.60. The maximum absolute atomic E-state index is 13.3. The van der Waals surface area contributed by atoms with E-state index in [-0.39, 0.29) is 36.7 Å². The first-order valence-corrected chi connectivity index (χ1v) is 20.0. The van der Waals surface area contributed by atoms with Crippen LogP contribution in [0.4, 0.5) is 10.5 Å². The zero-order valence-electron chi connectivity index (χ0n) is 32.3. The van der Waals surface area contributed by atoms with Crippen molar-refractivity contribution < 1.29 is 24.2 Å². The number of ether oxygens (including phenoxy) is 2. The van der Waals surface area contributed by atoms with E-state index in [0.29, 0.717) is 19.8 Å². The molecule has 5 aromatic rings. The van der Waals surface area contributed by atoms with E-state index in [0.717, 1.165) is 77.1 Å². The maximum Gasteiger partial charge on any atom is 0.315 e. The van der Waals surface area contributed by atoms with E-state index in [1.807, 2.05) is 84.9 Å². The lowest BCUT2D eigenvalue weighted by atomic mass is 9.84. The molecule has 4 atom stereocenters. The van der Waals surface area contributed by atoms with Crippen molar-refractivity contribution >= 4 is 17.6 Å². The van der Waals surface area contributed by atoms with E-state index in [9.17, 15) is 14.7 Å². The minimum Gasteiger partial charge on any atom is -0.392 e. The molecule has 0 aliphatic carbocycles. The van der Waals surface area contributed by atoms with E-state index in [4.69, 9.17) is 9.47 Å². The van der Waals surface area contributed by atoms with Crippen LogP contribution < -0.4 is 20.9 Å². The Kier molecular flexibility index (Phi) is 11.7. The summed E-state index contributed by atoms with van der Waals surface area (Å²) in [6, 6.07) is 44.4. The number of likely N-dealkylation sites (tertiary alicyclic amines) is 1. The van der Waals surface area contributed by atoms with Crippen LogP contribution in [-0.4, -0.2) is 59.9 Å². The molecule has 10 heteroatoms. The number of rotatable bonds is 11. The number of nitrogens with one attached hydrogen (secondary N) is 3. The molecule has 3 saturated heterocycles. The molecule has 10 nitrogen and oxygen atoms in total. The van der Waals surface area contributed by atoms with Crippen molar-refractivity contribution in [2.45, 2.75) is 63.5 Å². The van der Waals surface area contributed by atoms with Gasteiger partial charge in [-0.3, -0.25) is 4.79 Å². The van der Waals surface area contributed by atoms with Gasteiger partial charge in [-0.05, 0) is 64.4 Å². The van der Waals surface area contributed by atoms with Crippen LogP contribution in [0.25, 0.3) is 11.1 Å².